The minimum atomic E-state index is -0.984. The lowest BCUT2D eigenvalue weighted by atomic mass is 10.2. The van der Waals surface area contributed by atoms with Crippen molar-refractivity contribution in [3.8, 4) is 17.2 Å². The zero-order valence-electron chi connectivity index (χ0n) is 11.7. The molecule has 0 bridgehead atoms. The maximum atomic E-state index is 10.5. The lowest BCUT2D eigenvalue weighted by molar-refractivity contribution is -0.131. The predicted octanol–water partition coefficient (Wildman–Crippen LogP) is 5.26. The molecule has 0 radical (unpaired) electrons. The highest BCUT2D eigenvalue weighted by Crippen LogP contribution is 2.44. The third-order valence-electron chi connectivity index (χ3n) is 3.11. The minimum Gasteiger partial charge on any atom is -0.508 e. The Morgan fingerprint density at radius 1 is 1.17 bits per heavy atom. The van der Waals surface area contributed by atoms with Crippen molar-refractivity contribution in [2.75, 3.05) is 0 Å². The second-order valence-corrected chi connectivity index (χ2v) is 7.10. The fourth-order valence-electron chi connectivity index (χ4n) is 2.06. The van der Waals surface area contributed by atoms with E-state index in [1.54, 1.807) is 36.4 Å². The van der Waals surface area contributed by atoms with Crippen LogP contribution in [0.4, 0.5) is 0 Å². The average Bonchev–Trinajstić information content (AvgIpc) is 2.81. The van der Waals surface area contributed by atoms with Gasteiger partial charge in [-0.05, 0) is 57.9 Å². The zero-order valence-corrected chi connectivity index (χ0v) is 14.1. The first kappa shape index (κ1) is 15.6. The van der Waals surface area contributed by atoms with Crippen molar-refractivity contribution < 1.29 is 19.7 Å². The van der Waals surface area contributed by atoms with Crippen molar-refractivity contribution in [1.29, 1.82) is 0 Å². The van der Waals surface area contributed by atoms with Crippen molar-refractivity contribution in [2.45, 2.75) is 0 Å². The predicted molar refractivity (Wildman–Crippen MR) is 94.4 cm³/mol. The molecule has 116 valence electrons. The minimum absolute atomic E-state index is 0.215. The van der Waals surface area contributed by atoms with E-state index in [-0.39, 0.29) is 5.75 Å². The molecule has 0 spiro atoms. The maximum Gasteiger partial charge on any atom is 0.328 e. The number of fused-ring (bicyclic) bond motifs is 1. The molecule has 1 heterocycles. The average molecular weight is 391 g/mol. The van der Waals surface area contributed by atoms with Crippen LogP contribution in [0.1, 0.15) is 5.56 Å². The number of phenols is 1. The number of hydrogen-bond acceptors (Lipinski definition) is 4. The number of carboxylic acids is 1. The van der Waals surface area contributed by atoms with Gasteiger partial charge in [0.2, 0.25) is 0 Å². The number of aliphatic carboxylic acids is 1. The third kappa shape index (κ3) is 3.55. The van der Waals surface area contributed by atoms with Gasteiger partial charge in [-0.3, -0.25) is 0 Å². The van der Waals surface area contributed by atoms with Crippen molar-refractivity contribution in [3.63, 3.8) is 0 Å². The maximum absolute atomic E-state index is 10.5. The molecule has 0 amide bonds. The van der Waals surface area contributed by atoms with E-state index in [1.807, 2.05) is 6.07 Å². The normalized spacial score (nSPS) is 11.2. The Hall–Kier alpha value is -2.31. The van der Waals surface area contributed by atoms with Crippen LogP contribution in [0.2, 0.25) is 0 Å². The largest absolute Gasteiger partial charge is 0.508 e. The lowest BCUT2D eigenvalue weighted by Crippen LogP contribution is -1.86. The van der Waals surface area contributed by atoms with Gasteiger partial charge in [0.25, 0.3) is 0 Å². The molecular weight excluding hydrogens is 380 g/mol. The summed E-state index contributed by atoms with van der Waals surface area (Å²) in [6.45, 7) is 0. The Balaban J connectivity index is 1.87. The van der Waals surface area contributed by atoms with Crippen LogP contribution in [-0.2, 0) is 4.79 Å². The van der Waals surface area contributed by atoms with Crippen LogP contribution in [0.3, 0.4) is 0 Å². The molecule has 0 aliphatic carbocycles. The highest BCUT2D eigenvalue weighted by molar-refractivity contribution is 9.11. The van der Waals surface area contributed by atoms with Crippen LogP contribution in [0.5, 0.6) is 17.2 Å². The summed E-state index contributed by atoms with van der Waals surface area (Å²) in [5, 5.41) is 19.1. The number of hydrogen-bond donors (Lipinski definition) is 2. The van der Waals surface area contributed by atoms with E-state index in [2.05, 4.69) is 15.9 Å². The van der Waals surface area contributed by atoms with Gasteiger partial charge in [-0.1, -0.05) is 12.1 Å². The number of aromatic hydroxyl groups is 1. The number of carbonyl (C=O) groups is 1. The topological polar surface area (TPSA) is 66.8 Å². The van der Waals surface area contributed by atoms with Gasteiger partial charge in [0, 0.05) is 16.2 Å². The molecule has 0 fully saturated rings. The van der Waals surface area contributed by atoms with E-state index < -0.39 is 5.97 Å². The van der Waals surface area contributed by atoms with Crippen molar-refractivity contribution in [1.82, 2.24) is 0 Å². The molecule has 23 heavy (non-hydrogen) atoms. The van der Waals surface area contributed by atoms with Crippen LogP contribution in [0.25, 0.3) is 16.2 Å². The quantitative estimate of drug-likeness (QED) is 0.596. The van der Waals surface area contributed by atoms with E-state index in [0.29, 0.717) is 11.5 Å². The molecule has 1 aromatic heterocycles. The van der Waals surface area contributed by atoms with Gasteiger partial charge in [-0.2, -0.15) is 0 Å². The fraction of sp³-hybridized carbons (Fsp3) is 0. The molecule has 2 N–H and O–H groups in total. The Bertz CT molecular complexity index is 897. The summed E-state index contributed by atoms with van der Waals surface area (Å²) in [6.07, 6.45) is 2.61. The number of halogens is 1. The Kier molecular flexibility index (Phi) is 4.36. The van der Waals surface area contributed by atoms with Gasteiger partial charge >= 0.3 is 5.97 Å². The van der Waals surface area contributed by atoms with Crippen LogP contribution in [0, 0.1) is 0 Å². The van der Waals surface area contributed by atoms with Gasteiger partial charge in [0.05, 0.1) is 0 Å². The van der Waals surface area contributed by atoms with E-state index >= 15 is 0 Å². The highest BCUT2D eigenvalue weighted by atomic mass is 79.9. The molecule has 6 heteroatoms. The first-order chi connectivity index (χ1) is 11.0. The van der Waals surface area contributed by atoms with E-state index in [0.717, 1.165) is 25.5 Å². The summed E-state index contributed by atoms with van der Waals surface area (Å²) < 4.78 is 7.69. The Morgan fingerprint density at radius 2 is 1.91 bits per heavy atom. The first-order valence-electron chi connectivity index (χ1n) is 6.63. The molecule has 3 aromatic rings. The molecular formula is C17H11BrO4S. The summed E-state index contributed by atoms with van der Waals surface area (Å²) in [7, 11) is 0. The summed E-state index contributed by atoms with van der Waals surface area (Å²) in [6, 6.07) is 12.2. The molecule has 0 unspecified atom stereocenters. The number of benzene rings is 2. The van der Waals surface area contributed by atoms with Gasteiger partial charge in [0.1, 0.15) is 15.3 Å². The summed E-state index contributed by atoms with van der Waals surface area (Å²) in [5.74, 6) is 0.569. The second kappa shape index (κ2) is 6.44. The molecule has 3 rings (SSSR count). The third-order valence-corrected chi connectivity index (χ3v) is 4.87. The monoisotopic (exact) mass is 390 g/mol. The summed E-state index contributed by atoms with van der Waals surface area (Å²) >= 11 is 4.96. The molecule has 4 nitrogen and oxygen atoms in total. The lowest BCUT2D eigenvalue weighted by Gasteiger charge is -2.06. The van der Waals surface area contributed by atoms with Crippen molar-refractivity contribution >= 4 is 49.4 Å². The van der Waals surface area contributed by atoms with E-state index in [1.165, 1.54) is 17.4 Å². The molecule has 0 aliphatic heterocycles. The van der Waals surface area contributed by atoms with Crippen molar-refractivity contribution in [3.05, 3.63) is 57.9 Å². The van der Waals surface area contributed by atoms with Crippen LogP contribution in [-0.4, -0.2) is 16.2 Å². The fourth-order valence-corrected chi connectivity index (χ4v) is 3.76. The van der Waals surface area contributed by atoms with Gasteiger partial charge in [0.15, 0.2) is 5.75 Å². The van der Waals surface area contributed by atoms with E-state index in [4.69, 9.17) is 9.84 Å². The van der Waals surface area contributed by atoms with Gasteiger partial charge in [-0.25, -0.2) is 4.79 Å². The summed E-state index contributed by atoms with van der Waals surface area (Å²) in [5.41, 5.74) is 0.777. The second-order valence-electron chi connectivity index (χ2n) is 4.73. The molecule has 2 aromatic carbocycles. The molecule has 0 atom stereocenters. The number of carboxylic acid groups (broad SMARTS) is 1. The first-order valence-corrected chi connectivity index (χ1v) is 8.24. The number of rotatable bonds is 4. The Morgan fingerprint density at radius 3 is 2.61 bits per heavy atom. The van der Waals surface area contributed by atoms with E-state index in [9.17, 15) is 9.90 Å². The molecule has 0 saturated heterocycles. The highest BCUT2D eigenvalue weighted by Gasteiger charge is 2.13. The van der Waals surface area contributed by atoms with Crippen molar-refractivity contribution in [2.24, 2.45) is 0 Å². The molecule has 0 aliphatic rings. The van der Waals surface area contributed by atoms with Crippen LogP contribution < -0.4 is 4.74 Å². The summed E-state index contributed by atoms with van der Waals surface area (Å²) in [4.78, 5) is 10.5. The standard InChI is InChI=1S/C17H11BrO4S/c18-17-16(13-7-4-11(19)9-14(13)23-17)22-12-5-1-10(2-6-12)3-8-15(20)21/h1-9,19H,(H,20,21). The van der Waals surface area contributed by atoms with Gasteiger partial charge < -0.3 is 14.9 Å². The van der Waals surface area contributed by atoms with Crippen LogP contribution >= 0.6 is 27.3 Å². The van der Waals surface area contributed by atoms with Gasteiger partial charge in [-0.15, -0.1) is 11.3 Å². The Labute approximate surface area is 144 Å². The number of ether oxygens (including phenoxy) is 1. The SMILES string of the molecule is O=C(O)C=Cc1ccc(Oc2c(Br)sc3cc(O)ccc23)cc1. The zero-order chi connectivity index (χ0) is 16.4. The smallest absolute Gasteiger partial charge is 0.328 e. The number of thiophene rings is 1. The number of phenolic OH excluding ortho intramolecular Hbond substituents is 1. The van der Waals surface area contributed by atoms with Crippen LogP contribution in [0.15, 0.2) is 52.3 Å². The molecule has 0 saturated carbocycles.